The third-order valence-corrected chi connectivity index (χ3v) is 5.22. The lowest BCUT2D eigenvalue weighted by Crippen LogP contribution is -2.41. The van der Waals surface area contributed by atoms with Crippen molar-refractivity contribution in [3.8, 4) is 0 Å². The molecule has 2 aliphatic rings. The van der Waals surface area contributed by atoms with Crippen molar-refractivity contribution in [2.24, 2.45) is 0 Å². The van der Waals surface area contributed by atoms with Crippen molar-refractivity contribution < 1.29 is 9.90 Å². The van der Waals surface area contributed by atoms with E-state index < -0.39 is 5.97 Å². The van der Waals surface area contributed by atoms with Crippen molar-refractivity contribution in [1.82, 2.24) is 4.90 Å². The smallest absolute Gasteiger partial charge is 0.0718 e. The third kappa shape index (κ3) is 3.29. The molecule has 114 valence electrons. The van der Waals surface area contributed by atoms with Gasteiger partial charge in [-0.15, -0.1) is 0 Å². The summed E-state index contributed by atoms with van der Waals surface area (Å²) in [6.07, 6.45) is 8.67. The van der Waals surface area contributed by atoms with Gasteiger partial charge >= 0.3 is 0 Å². The molecule has 1 heterocycles. The number of nitrogens with zero attached hydrogens (tertiary/aromatic N) is 1. The Morgan fingerprint density at radius 3 is 2.33 bits per heavy atom. The van der Waals surface area contributed by atoms with E-state index in [2.05, 4.69) is 4.90 Å². The minimum atomic E-state index is -1.04. The first-order valence-electron chi connectivity index (χ1n) is 8.30. The fraction of sp³-hybridized carbons (Fsp3) is 0.611. The van der Waals surface area contributed by atoms with E-state index in [9.17, 15) is 9.90 Å². The van der Waals surface area contributed by atoms with Crippen molar-refractivity contribution >= 4 is 5.97 Å². The molecule has 3 rings (SSSR count). The first-order valence-corrected chi connectivity index (χ1v) is 8.30. The van der Waals surface area contributed by atoms with Gasteiger partial charge in [0.05, 0.1) is 5.97 Å². The Morgan fingerprint density at radius 2 is 1.67 bits per heavy atom. The number of hydrogen-bond donors (Lipinski definition) is 0. The summed E-state index contributed by atoms with van der Waals surface area (Å²) < 4.78 is 0. The minimum absolute atomic E-state index is 0.388. The van der Waals surface area contributed by atoms with Crippen molar-refractivity contribution in [1.29, 1.82) is 0 Å². The average Bonchev–Trinajstić information content (AvgIpc) is 2.56. The lowest BCUT2D eigenvalue weighted by molar-refractivity contribution is -0.255. The first-order chi connectivity index (χ1) is 10.3. The quantitative estimate of drug-likeness (QED) is 0.857. The van der Waals surface area contributed by atoms with Gasteiger partial charge in [-0.1, -0.05) is 30.7 Å². The summed E-state index contributed by atoms with van der Waals surface area (Å²) in [5, 5.41) is 11.3. The highest BCUT2D eigenvalue weighted by molar-refractivity contribution is 5.87. The van der Waals surface area contributed by atoms with E-state index in [0.717, 1.165) is 24.4 Å². The van der Waals surface area contributed by atoms with Crippen molar-refractivity contribution in [3.05, 3.63) is 35.4 Å². The molecule has 2 fully saturated rings. The number of piperidine rings is 1. The molecule has 0 N–H and O–H groups in total. The average molecular weight is 286 g/mol. The van der Waals surface area contributed by atoms with Crippen LogP contribution in [0.4, 0.5) is 0 Å². The Morgan fingerprint density at radius 1 is 1.00 bits per heavy atom. The van der Waals surface area contributed by atoms with Crippen molar-refractivity contribution in [2.75, 3.05) is 13.1 Å². The number of carbonyl (C=O) groups excluding carboxylic acids is 1. The number of benzene rings is 1. The SMILES string of the molecule is O=C([O-])c1ccccc1C1CCC(N2CCCCC2)CC1. The number of rotatable bonds is 3. The third-order valence-electron chi connectivity index (χ3n) is 5.22. The van der Waals surface area contributed by atoms with E-state index in [-0.39, 0.29) is 0 Å². The normalized spacial score (nSPS) is 27.4. The number of carbonyl (C=O) groups is 1. The van der Waals surface area contributed by atoms with E-state index in [1.807, 2.05) is 12.1 Å². The highest BCUT2D eigenvalue weighted by Crippen LogP contribution is 2.36. The topological polar surface area (TPSA) is 43.4 Å². The molecule has 1 aromatic carbocycles. The molecule has 3 nitrogen and oxygen atoms in total. The van der Waals surface area contributed by atoms with E-state index >= 15 is 0 Å². The molecule has 0 radical (unpaired) electrons. The Bertz CT molecular complexity index is 486. The molecule has 1 aliphatic carbocycles. The zero-order chi connectivity index (χ0) is 14.7. The van der Waals surface area contributed by atoms with E-state index in [1.54, 1.807) is 12.1 Å². The van der Waals surface area contributed by atoms with Crippen LogP contribution in [0, 0.1) is 0 Å². The van der Waals surface area contributed by atoms with Crippen LogP contribution in [0.15, 0.2) is 24.3 Å². The van der Waals surface area contributed by atoms with Gasteiger partial charge in [0, 0.05) is 11.6 Å². The molecule has 0 amide bonds. The largest absolute Gasteiger partial charge is 0.545 e. The second kappa shape index (κ2) is 6.61. The van der Waals surface area contributed by atoms with Crippen LogP contribution in [-0.2, 0) is 0 Å². The molecule has 1 aliphatic heterocycles. The molecule has 3 heteroatoms. The summed E-state index contributed by atoms with van der Waals surface area (Å²) in [4.78, 5) is 13.9. The van der Waals surface area contributed by atoms with Gasteiger partial charge in [-0.3, -0.25) is 0 Å². The maximum atomic E-state index is 11.3. The summed E-state index contributed by atoms with van der Waals surface area (Å²) in [6, 6.07) is 8.10. The van der Waals surface area contributed by atoms with Crippen molar-refractivity contribution in [2.45, 2.75) is 56.9 Å². The lowest BCUT2D eigenvalue weighted by Gasteiger charge is -2.39. The second-order valence-corrected chi connectivity index (χ2v) is 6.48. The molecule has 1 aromatic rings. The molecule has 0 aromatic heterocycles. The summed E-state index contributed by atoms with van der Waals surface area (Å²) in [6.45, 7) is 2.51. The van der Waals surface area contributed by atoms with Crippen LogP contribution < -0.4 is 5.11 Å². The van der Waals surface area contributed by atoms with Crippen molar-refractivity contribution in [3.63, 3.8) is 0 Å². The highest BCUT2D eigenvalue weighted by atomic mass is 16.4. The minimum Gasteiger partial charge on any atom is -0.545 e. The van der Waals surface area contributed by atoms with Gasteiger partial charge in [0.15, 0.2) is 0 Å². The summed E-state index contributed by atoms with van der Waals surface area (Å²) >= 11 is 0. The summed E-state index contributed by atoms with van der Waals surface area (Å²) in [7, 11) is 0. The number of likely N-dealkylation sites (tertiary alicyclic amines) is 1. The predicted molar refractivity (Wildman–Crippen MR) is 81.2 cm³/mol. The molecular weight excluding hydrogens is 262 g/mol. The Balaban J connectivity index is 1.64. The molecule has 0 bridgehead atoms. The molecule has 21 heavy (non-hydrogen) atoms. The molecule has 1 saturated carbocycles. The maximum Gasteiger partial charge on any atom is 0.0718 e. The maximum absolute atomic E-state index is 11.3. The Kier molecular flexibility index (Phi) is 4.59. The monoisotopic (exact) mass is 286 g/mol. The molecule has 0 unspecified atom stereocenters. The number of hydrogen-bond acceptors (Lipinski definition) is 3. The van der Waals surface area contributed by atoms with Crippen LogP contribution in [0.25, 0.3) is 0 Å². The van der Waals surface area contributed by atoms with E-state index in [4.69, 9.17) is 0 Å². The second-order valence-electron chi connectivity index (χ2n) is 6.48. The fourth-order valence-electron chi connectivity index (χ4n) is 4.07. The van der Waals surface area contributed by atoms with Gasteiger partial charge in [-0.05, 0) is 63.1 Å². The Hall–Kier alpha value is -1.35. The van der Waals surface area contributed by atoms with Crippen LogP contribution in [0.1, 0.15) is 66.8 Å². The number of aromatic carboxylic acids is 1. The van der Waals surface area contributed by atoms with E-state index in [1.165, 1.54) is 45.2 Å². The number of carboxylic acid groups (broad SMARTS) is 1. The van der Waals surface area contributed by atoms with Crippen LogP contribution in [0.5, 0.6) is 0 Å². The molecule has 0 atom stereocenters. The van der Waals surface area contributed by atoms with Gasteiger partial charge in [0.25, 0.3) is 0 Å². The molecular formula is C18H24NO2-. The number of carboxylic acids is 1. The van der Waals surface area contributed by atoms with Gasteiger partial charge in [0.2, 0.25) is 0 Å². The molecule has 0 spiro atoms. The van der Waals surface area contributed by atoms with Gasteiger partial charge in [-0.25, -0.2) is 0 Å². The van der Waals surface area contributed by atoms with Crippen LogP contribution >= 0.6 is 0 Å². The summed E-state index contributed by atoms with van der Waals surface area (Å²) in [5.74, 6) is -0.649. The van der Waals surface area contributed by atoms with Gasteiger partial charge in [-0.2, -0.15) is 0 Å². The molecule has 1 saturated heterocycles. The zero-order valence-corrected chi connectivity index (χ0v) is 12.6. The highest BCUT2D eigenvalue weighted by Gasteiger charge is 2.28. The van der Waals surface area contributed by atoms with Gasteiger partial charge < -0.3 is 14.8 Å². The Labute approximate surface area is 127 Å². The van der Waals surface area contributed by atoms with E-state index in [0.29, 0.717) is 11.5 Å². The predicted octanol–water partition coefficient (Wildman–Crippen LogP) is 2.56. The standard InChI is InChI=1S/C18H25NO2/c20-18(21)17-7-3-2-6-16(17)14-8-10-15(11-9-14)19-12-4-1-5-13-19/h2-3,6-7,14-15H,1,4-5,8-13H2,(H,20,21)/p-1. The van der Waals surface area contributed by atoms with Gasteiger partial charge in [0.1, 0.15) is 0 Å². The first kappa shape index (κ1) is 14.6. The van der Waals surface area contributed by atoms with Crippen LogP contribution in [0.3, 0.4) is 0 Å². The van der Waals surface area contributed by atoms with Crippen LogP contribution in [-0.4, -0.2) is 30.0 Å². The van der Waals surface area contributed by atoms with Crippen LogP contribution in [0.2, 0.25) is 0 Å². The lowest BCUT2D eigenvalue weighted by atomic mass is 9.79. The summed E-state index contributed by atoms with van der Waals surface area (Å²) in [5.41, 5.74) is 1.37. The zero-order valence-electron chi connectivity index (χ0n) is 12.6. The fourth-order valence-corrected chi connectivity index (χ4v) is 4.07.